The van der Waals surface area contributed by atoms with E-state index in [1.165, 1.54) is 0 Å². The molecule has 0 saturated carbocycles. The van der Waals surface area contributed by atoms with Gasteiger partial charge in [0.25, 0.3) is 0 Å². The molecule has 0 amide bonds. The van der Waals surface area contributed by atoms with Crippen molar-refractivity contribution in [2.24, 2.45) is 0 Å². The second kappa shape index (κ2) is 10.9. The molecule has 0 aromatic rings. The van der Waals surface area contributed by atoms with Gasteiger partial charge in [0, 0.05) is 32.5 Å². The van der Waals surface area contributed by atoms with Gasteiger partial charge in [-0.15, -0.1) is 0 Å². The lowest BCUT2D eigenvalue weighted by atomic mass is 10.5. The molecule has 0 aliphatic carbocycles. The second-order valence-electron chi connectivity index (χ2n) is 3.33. The molecule has 0 N–H and O–H groups in total. The first-order valence-corrected chi connectivity index (χ1v) is 8.11. The third kappa shape index (κ3) is 7.61. The summed E-state index contributed by atoms with van der Waals surface area (Å²) < 4.78 is 22.2. The molecule has 0 aromatic heterocycles. The van der Waals surface area contributed by atoms with E-state index in [0.29, 0.717) is 26.4 Å². The number of hydrogen-bond donors (Lipinski definition) is 0. The Kier molecular flexibility index (Phi) is 10.7. The molecule has 0 heterocycles. The SMILES string of the molecule is CCO[Si](CCCOCC=O)(OCC)OCC. The maximum atomic E-state index is 10.1. The number of ether oxygens (including phenoxy) is 1. The zero-order chi connectivity index (χ0) is 13.0. The minimum absolute atomic E-state index is 0.145. The Bertz CT molecular complexity index is 172. The fraction of sp³-hybridized carbons (Fsp3) is 0.909. The van der Waals surface area contributed by atoms with Crippen molar-refractivity contribution in [1.29, 1.82) is 0 Å². The minimum Gasteiger partial charge on any atom is -0.374 e. The van der Waals surface area contributed by atoms with E-state index in [-0.39, 0.29) is 6.61 Å². The van der Waals surface area contributed by atoms with E-state index in [4.69, 9.17) is 18.0 Å². The van der Waals surface area contributed by atoms with Crippen LogP contribution in [0.5, 0.6) is 0 Å². The van der Waals surface area contributed by atoms with Crippen molar-refractivity contribution < 1.29 is 22.8 Å². The van der Waals surface area contributed by atoms with Crippen LogP contribution in [0.3, 0.4) is 0 Å². The Morgan fingerprint density at radius 1 is 1.00 bits per heavy atom. The van der Waals surface area contributed by atoms with Crippen LogP contribution in [0.1, 0.15) is 27.2 Å². The summed E-state index contributed by atoms with van der Waals surface area (Å²) >= 11 is 0. The van der Waals surface area contributed by atoms with Crippen molar-refractivity contribution in [3.8, 4) is 0 Å². The van der Waals surface area contributed by atoms with Crippen molar-refractivity contribution in [2.75, 3.05) is 33.0 Å². The normalized spacial score (nSPS) is 11.7. The molecule has 0 atom stereocenters. The molecule has 17 heavy (non-hydrogen) atoms. The molecule has 0 fully saturated rings. The third-order valence-corrected chi connectivity index (χ3v) is 5.20. The maximum absolute atomic E-state index is 10.1. The fourth-order valence-electron chi connectivity index (χ4n) is 1.52. The van der Waals surface area contributed by atoms with Gasteiger partial charge in [-0.3, -0.25) is 0 Å². The zero-order valence-corrected chi connectivity index (χ0v) is 12.1. The first kappa shape index (κ1) is 16.7. The van der Waals surface area contributed by atoms with Gasteiger partial charge in [-0.1, -0.05) is 0 Å². The highest BCUT2D eigenvalue weighted by molar-refractivity contribution is 6.60. The summed E-state index contributed by atoms with van der Waals surface area (Å²) in [5, 5.41) is 0. The lowest BCUT2D eigenvalue weighted by Gasteiger charge is -2.28. The molecule has 6 heteroatoms. The van der Waals surface area contributed by atoms with Crippen LogP contribution >= 0.6 is 0 Å². The van der Waals surface area contributed by atoms with Crippen molar-refractivity contribution >= 4 is 15.1 Å². The highest BCUT2D eigenvalue weighted by Gasteiger charge is 2.39. The summed E-state index contributed by atoms with van der Waals surface area (Å²) in [5.74, 6) is 0. The van der Waals surface area contributed by atoms with Crippen LogP contribution in [0.2, 0.25) is 6.04 Å². The Morgan fingerprint density at radius 3 is 1.94 bits per heavy atom. The lowest BCUT2D eigenvalue weighted by molar-refractivity contribution is -0.111. The standard InChI is InChI=1S/C11H24O5Si/c1-4-14-17(15-5-2,16-6-3)11-7-9-13-10-8-12/h8H,4-7,9-11H2,1-3H3. The molecule has 0 aliphatic rings. The largest absolute Gasteiger partial charge is 0.501 e. The summed E-state index contributed by atoms with van der Waals surface area (Å²) in [7, 11) is -2.52. The van der Waals surface area contributed by atoms with Crippen LogP contribution in [0.15, 0.2) is 0 Å². The van der Waals surface area contributed by atoms with Crippen molar-refractivity contribution in [1.82, 2.24) is 0 Å². The van der Waals surface area contributed by atoms with Crippen LogP contribution in [-0.4, -0.2) is 48.1 Å². The highest BCUT2D eigenvalue weighted by Crippen LogP contribution is 2.18. The van der Waals surface area contributed by atoms with Gasteiger partial charge in [-0.2, -0.15) is 0 Å². The van der Waals surface area contributed by atoms with E-state index in [9.17, 15) is 4.79 Å². The smallest absolute Gasteiger partial charge is 0.374 e. The summed E-state index contributed by atoms with van der Waals surface area (Å²) in [6.45, 7) is 8.23. The van der Waals surface area contributed by atoms with Crippen LogP contribution in [0.25, 0.3) is 0 Å². The van der Waals surface area contributed by atoms with Crippen LogP contribution in [0.4, 0.5) is 0 Å². The quantitative estimate of drug-likeness (QED) is 0.305. The van der Waals surface area contributed by atoms with Gasteiger partial charge in [0.1, 0.15) is 12.9 Å². The number of hydrogen-bond acceptors (Lipinski definition) is 5. The Balaban J connectivity index is 4.08. The van der Waals surface area contributed by atoms with E-state index in [0.717, 1.165) is 18.8 Å². The average Bonchev–Trinajstić information content (AvgIpc) is 2.30. The van der Waals surface area contributed by atoms with Gasteiger partial charge in [0.05, 0.1) is 0 Å². The predicted molar refractivity (Wildman–Crippen MR) is 66.9 cm³/mol. The molecule has 0 saturated heterocycles. The van der Waals surface area contributed by atoms with Crippen molar-refractivity contribution in [3.63, 3.8) is 0 Å². The predicted octanol–water partition coefficient (Wildman–Crippen LogP) is 1.64. The molecule has 5 nitrogen and oxygen atoms in total. The van der Waals surface area contributed by atoms with Gasteiger partial charge in [0.2, 0.25) is 0 Å². The molecular formula is C11H24O5Si. The van der Waals surface area contributed by atoms with Crippen LogP contribution in [0, 0.1) is 0 Å². The van der Waals surface area contributed by atoms with Gasteiger partial charge in [-0.05, 0) is 27.2 Å². The summed E-state index contributed by atoms with van der Waals surface area (Å²) in [5.41, 5.74) is 0. The van der Waals surface area contributed by atoms with Crippen molar-refractivity contribution in [2.45, 2.75) is 33.2 Å². The van der Waals surface area contributed by atoms with Crippen LogP contribution in [-0.2, 0) is 22.8 Å². The van der Waals surface area contributed by atoms with Gasteiger partial charge >= 0.3 is 8.80 Å². The van der Waals surface area contributed by atoms with E-state index >= 15 is 0 Å². The molecule has 0 rings (SSSR count). The number of carbonyl (C=O) groups excluding carboxylic acids is 1. The molecule has 102 valence electrons. The first-order valence-electron chi connectivity index (χ1n) is 6.17. The molecule has 0 aromatic carbocycles. The third-order valence-electron chi connectivity index (χ3n) is 2.05. The molecule has 0 radical (unpaired) electrons. The summed E-state index contributed by atoms with van der Waals surface area (Å²) in [6.07, 6.45) is 1.53. The van der Waals surface area contributed by atoms with Crippen LogP contribution < -0.4 is 0 Å². The molecule has 0 spiro atoms. The minimum atomic E-state index is -2.52. The molecular weight excluding hydrogens is 240 g/mol. The van der Waals surface area contributed by atoms with Crippen molar-refractivity contribution in [3.05, 3.63) is 0 Å². The Hall–Kier alpha value is -0.273. The highest BCUT2D eigenvalue weighted by atomic mass is 28.4. The summed E-state index contributed by atoms with van der Waals surface area (Å²) in [6, 6.07) is 0.724. The maximum Gasteiger partial charge on any atom is 0.501 e. The van der Waals surface area contributed by atoms with E-state index < -0.39 is 8.80 Å². The first-order chi connectivity index (χ1) is 8.24. The van der Waals surface area contributed by atoms with E-state index in [1.807, 2.05) is 20.8 Å². The summed E-state index contributed by atoms with van der Waals surface area (Å²) in [4.78, 5) is 10.1. The Labute approximate surface area is 105 Å². The zero-order valence-electron chi connectivity index (χ0n) is 11.1. The number of aldehydes is 1. The monoisotopic (exact) mass is 264 g/mol. The van der Waals surface area contributed by atoms with Gasteiger partial charge < -0.3 is 22.8 Å². The topological polar surface area (TPSA) is 54.0 Å². The lowest BCUT2D eigenvalue weighted by Crippen LogP contribution is -2.46. The average molecular weight is 264 g/mol. The molecule has 0 unspecified atom stereocenters. The fourth-order valence-corrected chi connectivity index (χ4v) is 4.10. The molecule has 0 bridgehead atoms. The van der Waals surface area contributed by atoms with Gasteiger partial charge in [0.15, 0.2) is 0 Å². The van der Waals surface area contributed by atoms with E-state index in [2.05, 4.69) is 0 Å². The second-order valence-corrected chi connectivity index (χ2v) is 6.06. The Morgan fingerprint density at radius 2 is 1.53 bits per heavy atom. The van der Waals surface area contributed by atoms with E-state index in [1.54, 1.807) is 0 Å². The number of carbonyl (C=O) groups is 1. The number of rotatable bonds is 12. The molecule has 0 aliphatic heterocycles. The van der Waals surface area contributed by atoms with Gasteiger partial charge in [-0.25, -0.2) is 0 Å².